The van der Waals surface area contributed by atoms with Crippen molar-refractivity contribution in [1.82, 2.24) is 4.90 Å². The number of urea groups is 1. The molecule has 1 aliphatic carbocycles. The Bertz CT molecular complexity index is 1910. The number of allylic oxidation sites excluding steroid dienone is 2. The number of hydrogen-bond acceptors (Lipinski definition) is 7. The van der Waals surface area contributed by atoms with Crippen LogP contribution in [0.2, 0.25) is 0 Å². The van der Waals surface area contributed by atoms with Gasteiger partial charge in [0, 0.05) is 40.0 Å². The van der Waals surface area contributed by atoms with Crippen molar-refractivity contribution in [3.05, 3.63) is 125 Å². The maximum atomic E-state index is 13.7. The number of thiophene rings is 1. The zero-order chi connectivity index (χ0) is 32.3. The second-order valence-corrected chi connectivity index (χ2v) is 15.4. The first-order chi connectivity index (χ1) is 23.0. The standard InChI is InChI=1S/C37H33N5O2S3/c1-24(35(43)40-36-29(21-38)28-18-19-41(23-34(28)47-36)22-25-10-3-2-4-11-25)45-27-13-9-12-26(20-27)39-37(44)42-30-14-5-7-16-32(30)46-33-17-8-6-15-31(33)42/h2-17,20,24,30,32H,18-19,22-23H2,1H3,(H,39,44)(H,40,43). The van der Waals surface area contributed by atoms with Crippen LogP contribution in [-0.4, -0.2) is 39.9 Å². The van der Waals surface area contributed by atoms with Gasteiger partial charge in [-0.3, -0.25) is 14.6 Å². The van der Waals surface area contributed by atoms with Gasteiger partial charge in [0.15, 0.2) is 0 Å². The van der Waals surface area contributed by atoms with E-state index in [0.717, 1.165) is 52.0 Å². The minimum Gasteiger partial charge on any atom is -0.316 e. The molecule has 0 radical (unpaired) electrons. The predicted molar refractivity (Wildman–Crippen MR) is 193 cm³/mol. The number of thioether (sulfide) groups is 2. The van der Waals surface area contributed by atoms with E-state index < -0.39 is 5.25 Å². The van der Waals surface area contributed by atoms with Gasteiger partial charge in [-0.15, -0.1) is 34.9 Å². The second kappa shape index (κ2) is 13.8. The molecule has 3 aromatic carbocycles. The number of carbonyl (C=O) groups is 2. The Balaban J connectivity index is 1.00. The van der Waals surface area contributed by atoms with Crippen molar-refractivity contribution in [2.24, 2.45) is 0 Å². The third-order valence-corrected chi connectivity index (χ3v) is 12.0. The maximum Gasteiger partial charge on any atom is 0.326 e. The lowest BCUT2D eigenvalue weighted by molar-refractivity contribution is -0.115. The van der Waals surface area contributed by atoms with Gasteiger partial charge in [0.25, 0.3) is 0 Å². The van der Waals surface area contributed by atoms with Gasteiger partial charge in [0.05, 0.1) is 27.8 Å². The minimum atomic E-state index is -0.424. The normalized spacial score (nSPS) is 18.8. The Labute approximate surface area is 287 Å². The Morgan fingerprint density at radius 2 is 1.83 bits per heavy atom. The van der Waals surface area contributed by atoms with Crippen LogP contribution in [0.4, 0.5) is 21.2 Å². The molecule has 236 valence electrons. The van der Waals surface area contributed by atoms with Gasteiger partial charge in [-0.05, 0) is 54.8 Å². The summed E-state index contributed by atoms with van der Waals surface area (Å²) in [5.74, 6) is -0.161. The molecule has 47 heavy (non-hydrogen) atoms. The van der Waals surface area contributed by atoms with Crippen LogP contribution in [0.1, 0.15) is 28.5 Å². The number of amides is 3. The van der Waals surface area contributed by atoms with Gasteiger partial charge in [0.1, 0.15) is 11.1 Å². The first kappa shape index (κ1) is 31.3. The van der Waals surface area contributed by atoms with Gasteiger partial charge in [0.2, 0.25) is 5.91 Å². The highest BCUT2D eigenvalue weighted by Crippen LogP contribution is 2.44. The SMILES string of the molecule is CC(Sc1cccc(NC(=O)N2c3ccccc3SC3C=CC=CC32)c1)C(=O)Nc1sc2c(c1C#N)CCN(Cc1ccccc1)C2. The fourth-order valence-corrected chi connectivity index (χ4v) is 9.59. The molecule has 4 aromatic rings. The number of benzene rings is 3. The smallest absolute Gasteiger partial charge is 0.316 e. The van der Waals surface area contributed by atoms with E-state index in [1.807, 2.05) is 72.5 Å². The largest absolute Gasteiger partial charge is 0.326 e. The molecule has 0 spiro atoms. The quantitative estimate of drug-likeness (QED) is 0.192. The molecular formula is C37H33N5O2S3. The van der Waals surface area contributed by atoms with E-state index in [1.165, 1.54) is 28.7 Å². The summed E-state index contributed by atoms with van der Waals surface area (Å²) in [4.78, 5) is 34.4. The van der Waals surface area contributed by atoms with Crippen LogP contribution >= 0.6 is 34.9 Å². The highest BCUT2D eigenvalue weighted by Gasteiger charge is 2.36. The van der Waals surface area contributed by atoms with E-state index in [9.17, 15) is 14.9 Å². The first-order valence-corrected chi connectivity index (χ1v) is 18.1. The van der Waals surface area contributed by atoms with E-state index in [0.29, 0.717) is 16.3 Å². The van der Waals surface area contributed by atoms with Crippen molar-refractivity contribution in [1.29, 1.82) is 5.26 Å². The fraction of sp³-hybridized carbons (Fsp3) is 0.216. The van der Waals surface area contributed by atoms with Gasteiger partial charge in [-0.25, -0.2) is 4.79 Å². The zero-order valence-electron chi connectivity index (χ0n) is 25.8. The van der Waals surface area contributed by atoms with E-state index >= 15 is 0 Å². The first-order valence-electron chi connectivity index (χ1n) is 15.6. The molecule has 7 nitrogen and oxygen atoms in total. The van der Waals surface area contributed by atoms with Crippen LogP contribution in [0.25, 0.3) is 0 Å². The topological polar surface area (TPSA) is 88.5 Å². The minimum absolute atomic E-state index is 0.0886. The molecule has 0 saturated heterocycles. The lowest BCUT2D eigenvalue weighted by Gasteiger charge is -2.40. The average Bonchev–Trinajstić information content (AvgIpc) is 3.43. The second-order valence-electron chi connectivity index (χ2n) is 11.7. The summed E-state index contributed by atoms with van der Waals surface area (Å²) in [7, 11) is 0. The van der Waals surface area contributed by atoms with E-state index in [2.05, 4.69) is 64.1 Å². The van der Waals surface area contributed by atoms with Gasteiger partial charge in [-0.1, -0.05) is 72.8 Å². The highest BCUT2D eigenvalue weighted by atomic mass is 32.2. The van der Waals surface area contributed by atoms with Crippen LogP contribution in [0.15, 0.2) is 113 Å². The summed E-state index contributed by atoms with van der Waals surface area (Å²) in [6.45, 7) is 4.35. The summed E-state index contributed by atoms with van der Waals surface area (Å²) < 4.78 is 0. The molecule has 3 atom stereocenters. The van der Waals surface area contributed by atoms with Crippen LogP contribution in [0.3, 0.4) is 0 Å². The van der Waals surface area contributed by atoms with Crippen molar-refractivity contribution in [3.8, 4) is 6.07 Å². The number of nitrogens with zero attached hydrogens (tertiary/aromatic N) is 3. The zero-order valence-corrected chi connectivity index (χ0v) is 28.2. The van der Waals surface area contributed by atoms with Crippen molar-refractivity contribution < 1.29 is 9.59 Å². The number of hydrogen-bond donors (Lipinski definition) is 2. The predicted octanol–water partition coefficient (Wildman–Crippen LogP) is 8.30. The summed E-state index contributed by atoms with van der Waals surface area (Å²) in [6.07, 6.45) is 9.02. The summed E-state index contributed by atoms with van der Waals surface area (Å²) in [5.41, 5.74) is 4.46. The molecule has 10 heteroatoms. The van der Waals surface area contributed by atoms with Crippen molar-refractivity contribution >= 4 is 63.2 Å². The monoisotopic (exact) mass is 675 g/mol. The molecule has 3 aliphatic rings. The van der Waals surface area contributed by atoms with Gasteiger partial charge in [-0.2, -0.15) is 5.26 Å². The van der Waals surface area contributed by atoms with Gasteiger partial charge < -0.3 is 10.6 Å². The summed E-state index contributed by atoms with van der Waals surface area (Å²) >= 11 is 4.70. The Hall–Kier alpha value is -4.27. The van der Waals surface area contributed by atoms with Crippen LogP contribution < -0.4 is 15.5 Å². The van der Waals surface area contributed by atoms with Crippen molar-refractivity contribution in [3.63, 3.8) is 0 Å². The highest BCUT2D eigenvalue weighted by molar-refractivity contribution is 8.00. The van der Waals surface area contributed by atoms with Crippen LogP contribution in [0, 0.1) is 11.3 Å². The molecule has 0 saturated carbocycles. The Morgan fingerprint density at radius 1 is 1.02 bits per heavy atom. The van der Waals surface area contributed by atoms with E-state index in [4.69, 9.17) is 0 Å². The molecule has 2 aliphatic heterocycles. The number of nitriles is 1. The number of anilines is 3. The average molecular weight is 676 g/mol. The van der Waals surface area contributed by atoms with Gasteiger partial charge >= 0.3 is 6.03 Å². The number of fused-ring (bicyclic) bond motifs is 3. The molecule has 3 unspecified atom stereocenters. The number of rotatable bonds is 7. The van der Waals surface area contributed by atoms with Crippen molar-refractivity contribution in [2.45, 2.75) is 52.8 Å². The molecule has 2 N–H and O–H groups in total. The van der Waals surface area contributed by atoms with E-state index in [1.54, 1.807) is 11.8 Å². The lowest BCUT2D eigenvalue weighted by Crippen LogP contribution is -2.49. The fourth-order valence-electron chi connectivity index (χ4n) is 6.17. The third-order valence-electron chi connectivity index (χ3n) is 8.46. The lowest BCUT2D eigenvalue weighted by atomic mass is 10.0. The summed E-state index contributed by atoms with van der Waals surface area (Å²) in [6, 6.07) is 28.0. The molecule has 3 amide bonds. The van der Waals surface area contributed by atoms with Crippen molar-refractivity contribution in [2.75, 3.05) is 22.1 Å². The number of para-hydroxylation sites is 1. The molecule has 7 rings (SSSR count). The molecule has 3 heterocycles. The Kier molecular flexibility index (Phi) is 9.23. The van der Waals surface area contributed by atoms with E-state index in [-0.39, 0.29) is 23.2 Å². The molecular weight excluding hydrogens is 643 g/mol. The maximum absolute atomic E-state index is 13.7. The van der Waals surface area contributed by atoms with Crippen LogP contribution in [0.5, 0.6) is 0 Å². The molecule has 0 fully saturated rings. The Morgan fingerprint density at radius 3 is 2.68 bits per heavy atom. The summed E-state index contributed by atoms with van der Waals surface area (Å²) in [5, 5.41) is 16.5. The third kappa shape index (κ3) is 6.76. The molecule has 0 bridgehead atoms. The molecule has 1 aromatic heterocycles. The number of carbonyl (C=O) groups excluding carboxylic acids is 2. The number of nitrogens with one attached hydrogen (secondary N) is 2. The van der Waals surface area contributed by atoms with Crippen LogP contribution in [-0.2, 0) is 24.3 Å².